The highest BCUT2D eigenvalue weighted by Crippen LogP contribution is 2.19. The van der Waals surface area contributed by atoms with E-state index in [0.717, 1.165) is 0 Å². The first kappa shape index (κ1) is 12.9. The summed E-state index contributed by atoms with van der Waals surface area (Å²) in [6.45, 7) is 0. The van der Waals surface area contributed by atoms with Crippen molar-refractivity contribution < 1.29 is 10.0 Å². The Morgan fingerprint density at radius 2 is 2.24 bits per heavy atom. The molecule has 0 aliphatic carbocycles. The van der Waals surface area contributed by atoms with E-state index in [4.69, 9.17) is 6.42 Å². The van der Waals surface area contributed by atoms with E-state index in [1.165, 1.54) is 6.07 Å². The van der Waals surface area contributed by atoms with E-state index in [9.17, 15) is 15.2 Å². The van der Waals surface area contributed by atoms with Gasteiger partial charge in [0.2, 0.25) is 0 Å². The van der Waals surface area contributed by atoms with Gasteiger partial charge in [0.05, 0.1) is 16.6 Å². The SMILES string of the molecule is C#CCC(O)C/C=C/c1ccccc1[N+](=O)[O-]. The molecule has 0 saturated heterocycles. The van der Waals surface area contributed by atoms with Gasteiger partial charge in [-0.25, -0.2) is 0 Å². The van der Waals surface area contributed by atoms with Gasteiger partial charge >= 0.3 is 0 Å². The number of hydrogen-bond donors (Lipinski definition) is 1. The number of nitro benzene ring substituents is 1. The van der Waals surface area contributed by atoms with E-state index in [0.29, 0.717) is 12.0 Å². The van der Waals surface area contributed by atoms with E-state index >= 15 is 0 Å². The number of para-hydroxylation sites is 1. The number of hydrogen-bond acceptors (Lipinski definition) is 3. The van der Waals surface area contributed by atoms with Gasteiger partial charge in [-0.15, -0.1) is 12.3 Å². The highest BCUT2D eigenvalue weighted by atomic mass is 16.6. The highest BCUT2D eigenvalue weighted by molar-refractivity contribution is 5.60. The van der Waals surface area contributed by atoms with Gasteiger partial charge in [0.1, 0.15) is 0 Å². The molecule has 0 aromatic heterocycles. The maximum atomic E-state index is 10.7. The molecule has 1 rings (SSSR count). The first-order chi connectivity index (χ1) is 8.15. The lowest BCUT2D eigenvalue weighted by Crippen LogP contribution is -2.02. The van der Waals surface area contributed by atoms with Crippen LogP contribution in [0, 0.1) is 22.5 Å². The van der Waals surface area contributed by atoms with Crippen LogP contribution in [0.4, 0.5) is 5.69 Å². The molecule has 0 saturated carbocycles. The molecule has 88 valence electrons. The van der Waals surface area contributed by atoms with Crippen LogP contribution in [0.2, 0.25) is 0 Å². The summed E-state index contributed by atoms with van der Waals surface area (Å²) in [5, 5.41) is 20.1. The second kappa shape index (κ2) is 6.46. The Labute approximate surface area is 99.7 Å². The molecule has 0 radical (unpaired) electrons. The lowest BCUT2D eigenvalue weighted by atomic mass is 10.1. The molecular weight excluding hydrogens is 218 g/mol. The van der Waals surface area contributed by atoms with E-state index in [1.807, 2.05) is 0 Å². The smallest absolute Gasteiger partial charge is 0.276 e. The normalized spacial score (nSPS) is 12.2. The number of aliphatic hydroxyl groups is 1. The molecule has 1 aromatic rings. The molecule has 1 aromatic carbocycles. The van der Waals surface area contributed by atoms with E-state index < -0.39 is 11.0 Å². The second-order valence-corrected chi connectivity index (χ2v) is 3.52. The fraction of sp³-hybridized carbons (Fsp3) is 0.231. The first-order valence-electron chi connectivity index (χ1n) is 5.16. The summed E-state index contributed by atoms with van der Waals surface area (Å²) in [4.78, 5) is 10.3. The van der Waals surface area contributed by atoms with Crippen LogP contribution in [0.25, 0.3) is 6.08 Å². The number of terminal acetylenes is 1. The Morgan fingerprint density at radius 1 is 1.53 bits per heavy atom. The van der Waals surface area contributed by atoms with E-state index in [1.54, 1.807) is 30.4 Å². The van der Waals surface area contributed by atoms with Gasteiger partial charge in [-0.2, -0.15) is 0 Å². The summed E-state index contributed by atoms with van der Waals surface area (Å²) in [6, 6.07) is 6.44. The molecule has 0 spiro atoms. The number of benzene rings is 1. The maximum absolute atomic E-state index is 10.7. The fourth-order valence-electron chi connectivity index (χ4n) is 1.37. The Bertz CT molecular complexity index is 460. The van der Waals surface area contributed by atoms with Crippen LogP contribution < -0.4 is 0 Å². The standard InChI is InChI=1S/C13H13NO3/c1-2-6-12(15)9-5-8-11-7-3-4-10-13(11)14(16)17/h1,3-5,7-8,10,12,15H,6,9H2/b8-5+. The number of nitrogens with zero attached hydrogens (tertiary/aromatic N) is 1. The predicted molar refractivity (Wildman–Crippen MR) is 66.2 cm³/mol. The van der Waals surface area contributed by atoms with Crippen LogP contribution in [0.15, 0.2) is 30.3 Å². The van der Waals surface area contributed by atoms with Crippen molar-refractivity contribution in [3.63, 3.8) is 0 Å². The molecule has 1 N–H and O–H groups in total. The van der Waals surface area contributed by atoms with Gasteiger partial charge in [0.15, 0.2) is 0 Å². The van der Waals surface area contributed by atoms with Crippen molar-refractivity contribution >= 4 is 11.8 Å². The maximum Gasteiger partial charge on any atom is 0.276 e. The van der Waals surface area contributed by atoms with Crippen molar-refractivity contribution in [1.82, 2.24) is 0 Å². The van der Waals surface area contributed by atoms with Crippen molar-refractivity contribution in [3.8, 4) is 12.3 Å². The number of rotatable bonds is 5. The fourth-order valence-corrected chi connectivity index (χ4v) is 1.37. The van der Waals surface area contributed by atoms with E-state index in [2.05, 4.69) is 5.92 Å². The van der Waals surface area contributed by atoms with Gasteiger partial charge < -0.3 is 5.11 Å². The third-order valence-corrected chi connectivity index (χ3v) is 2.19. The largest absolute Gasteiger partial charge is 0.392 e. The average Bonchev–Trinajstić information content (AvgIpc) is 2.30. The Hall–Kier alpha value is -2.12. The zero-order chi connectivity index (χ0) is 12.7. The predicted octanol–water partition coefficient (Wildman–Crippen LogP) is 2.38. The van der Waals surface area contributed by atoms with Crippen molar-refractivity contribution in [2.75, 3.05) is 0 Å². The molecular formula is C13H13NO3. The molecule has 4 heteroatoms. The molecule has 4 nitrogen and oxygen atoms in total. The molecule has 0 aliphatic heterocycles. The number of aliphatic hydroxyl groups excluding tert-OH is 1. The lowest BCUT2D eigenvalue weighted by Gasteiger charge is -2.01. The minimum absolute atomic E-state index is 0.0511. The molecule has 17 heavy (non-hydrogen) atoms. The quantitative estimate of drug-likeness (QED) is 0.480. The van der Waals surface area contributed by atoms with Gasteiger partial charge in [0.25, 0.3) is 5.69 Å². The molecule has 0 amide bonds. The van der Waals surface area contributed by atoms with E-state index in [-0.39, 0.29) is 12.1 Å². The summed E-state index contributed by atoms with van der Waals surface area (Å²) in [7, 11) is 0. The van der Waals surface area contributed by atoms with Gasteiger partial charge in [-0.05, 0) is 12.5 Å². The van der Waals surface area contributed by atoms with Crippen molar-refractivity contribution in [1.29, 1.82) is 0 Å². The second-order valence-electron chi connectivity index (χ2n) is 3.52. The van der Waals surface area contributed by atoms with Crippen molar-refractivity contribution in [3.05, 3.63) is 46.0 Å². The molecule has 1 unspecified atom stereocenters. The Kier molecular flexibility index (Phi) is 4.92. The Morgan fingerprint density at radius 3 is 2.88 bits per heavy atom. The van der Waals surface area contributed by atoms with Crippen molar-refractivity contribution in [2.24, 2.45) is 0 Å². The molecule has 0 heterocycles. The van der Waals surface area contributed by atoms with Crippen LogP contribution in [0.5, 0.6) is 0 Å². The summed E-state index contributed by atoms with van der Waals surface area (Å²) >= 11 is 0. The summed E-state index contributed by atoms with van der Waals surface area (Å²) in [5.74, 6) is 2.35. The summed E-state index contributed by atoms with van der Waals surface area (Å²) < 4.78 is 0. The van der Waals surface area contributed by atoms with Crippen LogP contribution in [0.1, 0.15) is 18.4 Å². The zero-order valence-electron chi connectivity index (χ0n) is 9.24. The average molecular weight is 231 g/mol. The summed E-state index contributed by atoms with van der Waals surface area (Å²) in [5.41, 5.74) is 0.570. The van der Waals surface area contributed by atoms with Gasteiger partial charge in [-0.3, -0.25) is 10.1 Å². The molecule has 0 aliphatic rings. The Balaban J connectivity index is 2.72. The topological polar surface area (TPSA) is 63.4 Å². The third kappa shape index (κ3) is 4.09. The van der Waals surface area contributed by atoms with Crippen LogP contribution in [0.3, 0.4) is 0 Å². The minimum atomic E-state index is -0.598. The molecule has 0 fully saturated rings. The summed E-state index contributed by atoms with van der Waals surface area (Å²) in [6.07, 6.45) is 8.43. The highest BCUT2D eigenvalue weighted by Gasteiger charge is 2.09. The molecule has 1 atom stereocenters. The molecule has 0 bridgehead atoms. The zero-order valence-corrected chi connectivity index (χ0v) is 9.24. The van der Waals surface area contributed by atoms with Crippen LogP contribution >= 0.6 is 0 Å². The van der Waals surface area contributed by atoms with Crippen LogP contribution in [-0.4, -0.2) is 16.1 Å². The van der Waals surface area contributed by atoms with Crippen molar-refractivity contribution in [2.45, 2.75) is 18.9 Å². The minimum Gasteiger partial charge on any atom is -0.392 e. The first-order valence-corrected chi connectivity index (χ1v) is 5.16. The monoisotopic (exact) mass is 231 g/mol. The van der Waals surface area contributed by atoms with Gasteiger partial charge in [-0.1, -0.05) is 24.3 Å². The van der Waals surface area contributed by atoms with Gasteiger partial charge in [0, 0.05) is 12.5 Å². The number of nitro groups is 1. The lowest BCUT2D eigenvalue weighted by molar-refractivity contribution is -0.385. The van der Waals surface area contributed by atoms with Crippen LogP contribution in [-0.2, 0) is 0 Å². The third-order valence-electron chi connectivity index (χ3n) is 2.19.